The molecule has 21 heavy (non-hydrogen) atoms. The number of nitrogens with one attached hydrogen (secondary N) is 1. The van der Waals surface area contributed by atoms with Crippen molar-refractivity contribution in [3.8, 4) is 0 Å². The van der Waals surface area contributed by atoms with Crippen LogP contribution in [-0.2, 0) is 4.79 Å². The second-order valence-corrected chi connectivity index (χ2v) is 6.39. The van der Waals surface area contributed by atoms with Gasteiger partial charge in [0.15, 0.2) is 0 Å². The van der Waals surface area contributed by atoms with Crippen molar-refractivity contribution in [1.82, 2.24) is 5.32 Å². The third kappa shape index (κ3) is 2.74. The molecule has 0 spiro atoms. The highest BCUT2D eigenvalue weighted by atomic mass is 32.1. The van der Waals surface area contributed by atoms with Crippen molar-refractivity contribution in [2.75, 3.05) is 11.9 Å². The lowest BCUT2D eigenvalue weighted by Gasteiger charge is -2.34. The number of thiophene rings is 1. The smallest absolute Gasteiger partial charge is 0.228 e. The van der Waals surface area contributed by atoms with Crippen molar-refractivity contribution < 1.29 is 4.79 Å². The molecule has 2 unspecified atom stereocenters. The van der Waals surface area contributed by atoms with Crippen molar-refractivity contribution in [3.63, 3.8) is 0 Å². The summed E-state index contributed by atoms with van der Waals surface area (Å²) in [6.07, 6.45) is 1.54. The predicted octanol–water partition coefficient (Wildman–Crippen LogP) is 3.90. The largest absolute Gasteiger partial charge is 0.315 e. The average molecular weight is 300 g/mol. The number of rotatable bonds is 4. The second-order valence-electron chi connectivity index (χ2n) is 5.41. The predicted molar refractivity (Wildman–Crippen MR) is 87.7 cm³/mol. The molecule has 1 N–H and O–H groups in total. The summed E-state index contributed by atoms with van der Waals surface area (Å²) in [6, 6.07) is 12.8. The highest BCUT2D eigenvalue weighted by molar-refractivity contribution is 7.10. The molecule has 3 nitrogen and oxygen atoms in total. The molecular formula is C17H20N2OS. The summed E-state index contributed by atoms with van der Waals surface area (Å²) in [4.78, 5) is 15.3. The number of benzene rings is 1. The van der Waals surface area contributed by atoms with Gasteiger partial charge in [-0.15, -0.1) is 11.3 Å². The van der Waals surface area contributed by atoms with Gasteiger partial charge in [-0.05, 0) is 29.5 Å². The van der Waals surface area contributed by atoms with Gasteiger partial charge in [0.25, 0.3) is 0 Å². The maximum absolute atomic E-state index is 12.2. The van der Waals surface area contributed by atoms with Crippen LogP contribution in [0, 0.1) is 0 Å². The van der Waals surface area contributed by atoms with Gasteiger partial charge in [0.05, 0.1) is 0 Å². The normalized spacial score (nSPS) is 19.4. The molecule has 1 amide bonds. The van der Waals surface area contributed by atoms with E-state index in [-0.39, 0.29) is 11.9 Å². The molecule has 3 rings (SSSR count). The topological polar surface area (TPSA) is 32.3 Å². The summed E-state index contributed by atoms with van der Waals surface area (Å²) >= 11 is 1.77. The number of hydrogen-bond acceptors (Lipinski definition) is 3. The fourth-order valence-electron chi connectivity index (χ4n) is 2.93. The van der Waals surface area contributed by atoms with Gasteiger partial charge >= 0.3 is 0 Å². The molecular weight excluding hydrogens is 280 g/mol. The summed E-state index contributed by atoms with van der Waals surface area (Å²) in [7, 11) is 1.86. The zero-order valence-electron chi connectivity index (χ0n) is 12.4. The molecule has 0 radical (unpaired) electrons. The maximum Gasteiger partial charge on any atom is 0.228 e. The summed E-state index contributed by atoms with van der Waals surface area (Å²) < 4.78 is 0. The Hall–Kier alpha value is -1.65. The van der Waals surface area contributed by atoms with E-state index >= 15 is 0 Å². The van der Waals surface area contributed by atoms with E-state index in [9.17, 15) is 4.79 Å². The zero-order valence-corrected chi connectivity index (χ0v) is 13.2. The van der Waals surface area contributed by atoms with Crippen LogP contribution in [0.2, 0.25) is 0 Å². The first-order chi connectivity index (χ1) is 10.2. The van der Waals surface area contributed by atoms with Crippen LogP contribution in [0.1, 0.15) is 42.3 Å². The number of amides is 1. The Kier molecular flexibility index (Phi) is 4.08. The first-order valence-electron chi connectivity index (χ1n) is 7.35. The van der Waals surface area contributed by atoms with Crippen molar-refractivity contribution >= 4 is 22.9 Å². The van der Waals surface area contributed by atoms with Gasteiger partial charge in [-0.25, -0.2) is 0 Å². The minimum atomic E-state index is 0.0944. The van der Waals surface area contributed by atoms with Crippen molar-refractivity contribution in [1.29, 1.82) is 0 Å². The Balaban J connectivity index is 1.88. The molecule has 0 bridgehead atoms. The third-order valence-corrected chi connectivity index (χ3v) is 5.11. The molecule has 2 aromatic rings. The van der Waals surface area contributed by atoms with Gasteiger partial charge in [0, 0.05) is 36.1 Å². The molecule has 1 aromatic heterocycles. The standard InChI is InChI=1S/C17H20N2OS/c1-3-13(16-9-6-10-21-16)18-14-11-17(20)19(2)15-8-5-4-7-12(14)15/h4-10,13-14,18H,3,11H2,1-2H3. The Bertz CT molecular complexity index is 623. The summed E-state index contributed by atoms with van der Waals surface area (Å²) in [5.74, 6) is 0.173. The Morgan fingerprint density at radius 1 is 1.33 bits per heavy atom. The Labute approximate surface area is 129 Å². The Morgan fingerprint density at radius 2 is 2.14 bits per heavy atom. The molecule has 0 saturated carbocycles. The minimum absolute atomic E-state index is 0.0944. The fourth-order valence-corrected chi connectivity index (χ4v) is 3.80. The molecule has 0 aliphatic carbocycles. The lowest BCUT2D eigenvalue weighted by atomic mass is 9.95. The van der Waals surface area contributed by atoms with E-state index in [1.165, 1.54) is 10.4 Å². The highest BCUT2D eigenvalue weighted by Gasteiger charge is 2.30. The summed E-state index contributed by atoms with van der Waals surface area (Å²) in [5, 5.41) is 5.78. The molecule has 0 fully saturated rings. The van der Waals surface area contributed by atoms with Gasteiger partial charge in [-0.2, -0.15) is 0 Å². The van der Waals surface area contributed by atoms with Crippen LogP contribution >= 0.6 is 11.3 Å². The van der Waals surface area contributed by atoms with Crippen LogP contribution in [-0.4, -0.2) is 13.0 Å². The van der Waals surface area contributed by atoms with Crippen LogP contribution in [0.15, 0.2) is 41.8 Å². The van der Waals surface area contributed by atoms with Crippen LogP contribution < -0.4 is 10.2 Å². The lowest BCUT2D eigenvalue weighted by molar-refractivity contribution is -0.119. The van der Waals surface area contributed by atoms with Crippen LogP contribution in [0.25, 0.3) is 0 Å². The molecule has 1 aliphatic rings. The monoisotopic (exact) mass is 300 g/mol. The van der Waals surface area contributed by atoms with Gasteiger partial charge in [-0.3, -0.25) is 4.79 Å². The molecule has 2 heterocycles. The number of para-hydroxylation sites is 1. The quantitative estimate of drug-likeness (QED) is 0.929. The van der Waals surface area contributed by atoms with E-state index in [0.29, 0.717) is 12.5 Å². The molecule has 0 saturated heterocycles. The van der Waals surface area contributed by atoms with E-state index in [4.69, 9.17) is 0 Å². The van der Waals surface area contributed by atoms with Gasteiger partial charge < -0.3 is 10.2 Å². The SMILES string of the molecule is CCC(NC1CC(=O)N(C)c2ccccc21)c1cccs1. The lowest BCUT2D eigenvalue weighted by Crippen LogP contribution is -2.38. The number of carbonyl (C=O) groups excluding carboxylic acids is 1. The van der Waals surface area contributed by atoms with E-state index in [1.807, 2.05) is 25.2 Å². The molecule has 1 aliphatic heterocycles. The number of anilines is 1. The van der Waals surface area contributed by atoms with Crippen LogP contribution in [0.3, 0.4) is 0 Å². The maximum atomic E-state index is 12.2. The fraction of sp³-hybridized carbons (Fsp3) is 0.353. The van der Waals surface area contributed by atoms with Gasteiger partial charge in [-0.1, -0.05) is 31.2 Å². The zero-order chi connectivity index (χ0) is 14.8. The highest BCUT2D eigenvalue weighted by Crippen LogP contribution is 2.35. The number of fused-ring (bicyclic) bond motifs is 1. The first kappa shape index (κ1) is 14.3. The van der Waals surface area contributed by atoms with Crippen molar-refractivity contribution in [3.05, 3.63) is 52.2 Å². The van der Waals surface area contributed by atoms with E-state index in [2.05, 4.69) is 35.8 Å². The van der Waals surface area contributed by atoms with E-state index < -0.39 is 0 Å². The number of carbonyl (C=O) groups is 1. The van der Waals surface area contributed by atoms with Crippen LogP contribution in [0.5, 0.6) is 0 Å². The van der Waals surface area contributed by atoms with E-state index in [0.717, 1.165) is 12.1 Å². The molecule has 110 valence electrons. The number of hydrogen-bond donors (Lipinski definition) is 1. The minimum Gasteiger partial charge on any atom is -0.315 e. The van der Waals surface area contributed by atoms with Crippen LogP contribution in [0.4, 0.5) is 5.69 Å². The number of nitrogens with zero attached hydrogens (tertiary/aromatic N) is 1. The first-order valence-corrected chi connectivity index (χ1v) is 8.23. The summed E-state index contributed by atoms with van der Waals surface area (Å²) in [5.41, 5.74) is 2.24. The average Bonchev–Trinajstić information content (AvgIpc) is 3.03. The molecule has 4 heteroatoms. The van der Waals surface area contributed by atoms with E-state index in [1.54, 1.807) is 16.2 Å². The van der Waals surface area contributed by atoms with Gasteiger partial charge in [0.1, 0.15) is 0 Å². The van der Waals surface area contributed by atoms with Crippen molar-refractivity contribution in [2.24, 2.45) is 0 Å². The van der Waals surface area contributed by atoms with Crippen molar-refractivity contribution in [2.45, 2.75) is 31.8 Å². The van der Waals surface area contributed by atoms with Gasteiger partial charge in [0.2, 0.25) is 5.91 Å². The second kappa shape index (κ2) is 6.00. The third-order valence-electron chi connectivity index (χ3n) is 4.12. The molecule has 2 atom stereocenters. The Morgan fingerprint density at radius 3 is 2.86 bits per heavy atom. The summed E-state index contributed by atoms with van der Waals surface area (Å²) in [6.45, 7) is 2.18. The molecule has 1 aromatic carbocycles.